The van der Waals surface area contributed by atoms with Crippen LogP contribution >= 0.6 is 11.3 Å². The van der Waals surface area contributed by atoms with Crippen molar-refractivity contribution in [2.45, 2.75) is 30.7 Å². The lowest BCUT2D eigenvalue weighted by Gasteiger charge is -2.38. The standard InChI is InChI=1S/C28H29N3O7S/c29-14-19(27(35)30-15-22-24(32)25(33)26(34)28(36)38-22)13-21-5-6-23(39-21)18-2-1-17-12-20(4-3-16(17)11-18)31-7-9-37-10-8-31/h1-6,11-13,22,24-26,28,32-34,36H,7-10,15H2,(H,30,35)/b19-13+/t22-,24-,25+,26-,28?/m1/s1. The summed E-state index contributed by atoms with van der Waals surface area (Å²) in [4.78, 5) is 16.6. The molecule has 204 valence electrons. The molecule has 2 saturated heterocycles. The largest absolute Gasteiger partial charge is 0.388 e. The predicted octanol–water partition coefficient (Wildman–Crippen LogP) is 1.23. The van der Waals surface area contributed by atoms with Crippen molar-refractivity contribution < 1.29 is 34.7 Å². The number of rotatable bonds is 6. The number of benzene rings is 2. The van der Waals surface area contributed by atoms with E-state index in [4.69, 9.17) is 9.47 Å². The number of nitrogens with zero attached hydrogens (tertiary/aromatic N) is 2. The average Bonchev–Trinajstić information content (AvgIpc) is 3.44. The molecule has 0 aliphatic carbocycles. The summed E-state index contributed by atoms with van der Waals surface area (Å²) in [6.07, 6.45) is -6.20. The van der Waals surface area contributed by atoms with Gasteiger partial charge in [-0.3, -0.25) is 4.79 Å². The molecule has 2 aliphatic rings. The smallest absolute Gasteiger partial charge is 0.262 e. The van der Waals surface area contributed by atoms with Crippen LogP contribution in [0, 0.1) is 11.3 Å². The molecule has 0 radical (unpaired) electrons. The molecule has 3 heterocycles. The zero-order chi connectivity index (χ0) is 27.5. The molecule has 0 saturated carbocycles. The van der Waals surface area contributed by atoms with Gasteiger partial charge in [0.15, 0.2) is 6.29 Å². The van der Waals surface area contributed by atoms with Crippen molar-refractivity contribution in [3.63, 3.8) is 0 Å². The van der Waals surface area contributed by atoms with Crippen molar-refractivity contribution in [3.05, 3.63) is 59.0 Å². The van der Waals surface area contributed by atoms with Crippen LogP contribution in [0.2, 0.25) is 0 Å². The molecule has 0 spiro atoms. The van der Waals surface area contributed by atoms with E-state index in [9.17, 15) is 30.5 Å². The maximum absolute atomic E-state index is 12.6. The molecule has 2 fully saturated rings. The summed E-state index contributed by atoms with van der Waals surface area (Å²) in [5.41, 5.74) is 2.06. The second kappa shape index (κ2) is 11.8. The van der Waals surface area contributed by atoms with E-state index in [1.807, 2.05) is 18.2 Å². The Morgan fingerprint density at radius 3 is 2.54 bits per heavy atom. The van der Waals surface area contributed by atoms with Gasteiger partial charge >= 0.3 is 0 Å². The van der Waals surface area contributed by atoms with Crippen LogP contribution in [0.5, 0.6) is 0 Å². The Morgan fingerprint density at radius 1 is 1.03 bits per heavy atom. The lowest BCUT2D eigenvalue weighted by molar-refractivity contribution is -0.280. The molecule has 1 amide bonds. The topological polar surface area (TPSA) is 156 Å². The normalized spacial score (nSPS) is 25.9. The summed E-state index contributed by atoms with van der Waals surface area (Å²) in [6.45, 7) is 2.95. The molecule has 39 heavy (non-hydrogen) atoms. The molecule has 2 aromatic carbocycles. The van der Waals surface area contributed by atoms with Gasteiger partial charge in [0.25, 0.3) is 5.91 Å². The molecular weight excluding hydrogens is 522 g/mol. The van der Waals surface area contributed by atoms with Crippen molar-refractivity contribution in [1.29, 1.82) is 5.26 Å². The number of hydrogen-bond donors (Lipinski definition) is 5. The van der Waals surface area contributed by atoms with E-state index in [2.05, 4.69) is 46.6 Å². The number of fused-ring (bicyclic) bond motifs is 1. The summed E-state index contributed by atoms with van der Waals surface area (Å²) in [5.74, 6) is -0.694. The monoisotopic (exact) mass is 551 g/mol. The first-order chi connectivity index (χ1) is 18.8. The first-order valence-electron chi connectivity index (χ1n) is 12.6. The fourth-order valence-electron chi connectivity index (χ4n) is 4.67. The minimum atomic E-state index is -1.71. The molecule has 10 nitrogen and oxygen atoms in total. The van der Waals surface area contributed by atoms with Crippen molar-refractivity contribution >= 4 is 39.8 Å². The quantitative estimate of drug-likeness (QED) is 0.225. The van der Waals surface area contributed by atoms with Crippen LogP contribution in [-0.2, 0) is 14.3 Å². The van der Waals surface area contributed by atoms with Gasteiger partial charge in [0.2, 0.25) is 0 Å². The number of nitriles is 1. The maximum atomic E-state index is 12.6. The Kier molecular flexibility index (Phi) is 8.25. The number of aliphatic hydroxyl groups is 4. The van der Waals surface area contributed by atoms with Gasteiger partial charge in [0, 0.05) is 35.1 Å². The fraction of sp³-hybridized carbons (Fsp3) is 0.357. The van der Waals surface area contributed by atoms with E-state index >= 15 is 0 Å². The van der Waals surface area contributed by atoms with Crippen LogP contribution in [-0.4, -0.2) is 89.9 Å². The van der Waals surface area contributed by atoms with E-state index in [1.54, 1.807) is 0 Å². The molecule has 1 unspecified atom stereocenters. The number of thiophene rings is 1. The lowest BCUT2D eigenvalue weighted by Crippen LogP contribution is -2.60. The van der Waals surface area contributed by atoms with E-state index in [0.717, 1.165) is 47.5 Å². The minimum Gasteiger partial charge on any atom is -0.388 e. The first kappa shape index (κ1) is 27.2. The SMILES string of the molecule is N#C/C(=C\c1ccc(-c2ccc3cc(N4CCOCC4)ccc3c2)s1)C(=O)NC[C@H]1OC(O)[C@H](O)[C@@H](O)[C@@H]1O. The van der Waals surface area contributed by atoms with E-state index < -0.39 is 36.6 Å². The highest BCUT2D eigenvalue weighted by Crippen LogP contribution is 2.33. The third kappa shape index (κ3) is 5.98. The van der Waals surface area contributed by atoms with Crippen LogP contribution in [0.25, 0.3) is 27.3 Å². The zero-order valence-electron chi connectivity index (χ0n) is 20.9. The number of nitrogens with one attached hydrogen (secondary N) is 1. The molecule has 2 aliphatic heterocycles. The summed E-state index contributed by atoms with van der Waals surface area (Å²) in [6, 6.07) is 18.3. The Bertz CT molecular complexity index is 1410. The van der Waals surface area contributed by atoms with Gasteiger partial charge < -0.3 is 40.1 Å². The van der Waals surface area contributed by atoms with Crippen LogP contribution in [0.3, 0.4) is 0 Å². The molecule has 3 aromatic rings. The lowest BCUT2D eigenvalue weighted by atomic mass is 9.99. The van der Waals surface area contributed by atoms with E-state index in [0.29, 0.717) is 4.88 Å². The number of carbonyl (C=O) groups is 1. The summed E-state index contributed by atoms with van der Waals surface area (Å²) in [7, 11) is 0. The van der Waals surface area contributed by atoms with Gasteiger partial charge in [-0.15, -0.1) is 11.3 Å². The second-order valence-corrected chi connectivity index (χ2v) is 10.6. The molecule has 11 heteroatoms. The third-order valence-electron chi connectivity index (χ3n) is 6.91. The number of carbonyl (C=O) groups excluding carboxylic acids is 1. The van der Waals surface area contributed by atoms with Crippen LogP contribution in [0.4, 0.5) is 5.69 Å². The van der Waals surface area contributed by atoms with Crippen LogP contribution < -0.4 is 10.2 Å². The molecule has 1 aromatic heterocycles. The maximum Gasteiger partial charge on any atom is 0.262 e. The fourth-order valence-corrected chi connectivity index (χ4v) is 5.62. The van der Waals surface area contributed by atoms with Gasteiger partial charge in [0.1, 0.15) is 36.1 Å². The van der Waals surface area contributed by atoms with Crippen molar-refractivity contribution in [2.24, 2.45) is 0 Å². The highest BCUT2D eigenvalue weighted by atomic mass is 32.1. The van der Waals surface area contributed by atoms with Gasteiger partial charge in [-0.1, -0.05) is 18.2 Å². The number of anilines is 1. The number of hydrogen-bond acceptors (Lipinski definition) is 10. The first-order valence-corrected chi connectivity index (χ1v) is 13.4. The average molecular weight is 552 g/mol. The van der Waals surface area contributed by atoms with Crippen molar-refractivity contribution in [2.75, 3.05) is 37.7 Å². The number of morpholine rings is 1. The number of ether oxygens (including phenoxy) is 2. The highest BCUT2D eigenvalue weighted by molar-refractivity contribution is 7.16. The number of amides is 1. The van der Waals surface area contributed by atoms with Crippen LogP contribution in [0.1, 0.15) is 4.88 Å². The Labute approximate surface area is 228 Å². The molecule has 5 rings (SSSR count). The van der Waals surface area contributed by atoms with Gasteiger partial charge in [0.05, 0.1) is 13.2 Å². The molecule has 0 bridgehead atoms. The minimum absolute atomic E-state index is 0.149. The van der Waals surface area contributed by atoms with Gasteiger partial charge in [-0.05, 0) is 52.7 Å². The summed E-state index contributed by atoms with van der Waals surface area (Å²) >= 11 is 1.44. The zero-order valence-corrected chi connectivity index (χ0v) is 21.8. The molecular formula is C28H29N3O7S. The van der Waals surface area contributed by atoms with E-state index in [1.165, 1.54) is 23.1 Å². The second-order valence-electron chi connectivity index (χ2n) is 9.46. The van der Waals surface area contributed by atoms with E-state index in [-0.39, 0.29) is 12.1 Å². The van der Waals surface area contributed by atoms with Gasteiger partial charge in [-0.25, -0.2) is 0 Å². The predicted molar refractivity (Wildman–Crippen MR) is 146 cm³/mol. The summed E-state index contributed by atoms with van der Waals surface area (Å²) < 4.78 is 10.5. The van der Waals surface area contributed by atoms with Crippen molar-refractivity contribution in [3.8, 4) is 16.5 Å². The van der Waals surface area contributed by atoms with Gasteiger partial charge in [-0.2, -0.15) is 5.26 Å². The Hall–Kier alpha value is -3.34. The van der Waals surface area contributed by atoms with Crippen molar-refractivity contribution in [1.82, 2.24) is 5.32 Å². The third-order valence-corrected chi connectivity index (χ3v) is 8.00. The van der Waals surface area contributed by atoms with Crippen LogP contribution in [0.15, 0.2) is 54.1 Å². The highest BCUT2D eigenvalue weighted by Gasteiger charge is 2.43. The Balaban J connectivity index is 1.26. The molecule has 5 N–H and O–H groups in total. The summed E-state index contributed by atoms with van der Waals surface area (Å²) in [5, 5.41) is 53.3. The Morgan fingerprint density at radius 2 is 1.77 bits per heavy atom. The molecule has 5 atom stereocenters. The number of aliphatic hydroxyl groups excluding tert-OH is 4.